The van der Waals surface area contributed by atoms with Gasteiger partial charge in [0, 0.05) is 26.1 Å². The molecule has 2 unspecified atom stereocenters. The summed E-state index contributed by atoms with van der Waals surface area (Å²) >= 11 is 0. The number of methoxy groups -OCH3 is 1. The zero-order valence-corrected chi connectivity index (χ0v) is 13.0. The van der Waals surface area contributed by atoms with Gasteiger partial charge < -0.3 is 14.7 Å². The fourth-order valence-electron chi connectivity index (χ4n) is 3.66. The van der Waals surface area contributed by atoms with E-state index in [0.717, 1.165) is 12.8 Å². The maximum atomic E-state index is 13.9. The molecule has 1 aliphatic heterocycles. The Kier molecular flexibility index (Phi) is 4.35. The molecule has 0 spiro atoms. The van der Waals surface area contributed by atoms with Crippen LogP contribution in [0.25, 0.3) is 0 Å². The fraction of sp³-hybridized carbons (Fsp3) is 0.529. The Bertz CT molecular complexity index is 646. The third-order valence-electron chi connectivity index (χ3n) is 4.96. The zero-order chi connectivity index (χ0) is 16.6. The molecule has 23 heavy (non-hydrogen) atoms. The second kappa shape index (κ2) is 6.28. The fourth-order valence-corrected chi connectivity index (χ4v) is 3.66. The van der Waals surface area contributed by atoms with Crippen LogP contribution < -0.4 is 0 Å². The van der Waals surface area contributed by atoms with Crippen LogP contribution in [0.15, 0.2) is 12.1 Å². The third kappa shape index (κ3) is 2.95. The summed E-state index contributed by atoms with van der Waals surface area (Å²) in [7, 11) is 1.65. The van der Waals surface area contributed by atoms with Crippen LogP contribution >= 0.6 is 0 Å². The highest BCUT2D eigenvalue weighted by Gasteiger charge is 2.35. The minimum absolute atomic E-state index is 0.0239. The molecule has 1 amide bonds. The minimum atomic E-state index is -1.09. The highest BCUT2D eigenvalue weighted by Crippen LogP contribution is 2.32. The number of halogens is 1. The van der Waals surface area contributed by atoms with Crippen molar-refractivity contribution in [1.29, 1.82) is 0 Å². The number of carboxylic acid groups (broad SMARTS) is 1. The van der Waals surface area contributed by atoms with E-state index in [9.17, 15) is 19.1 Å². The van der Waals surface area contributed by atoms with Crippen molar-refractivity contribution in [2.45, 2.75) is 38.3 Å². The van der Waals surface area contributed by atoms with Crippen LogP contribution in [0, 0.1) is 11.7 Å². The molecular weight excluding hydrogens is 301 g/mol. The number of ether oxygens (including phenoxy) is 1. The van der Waals surface area contributed by atoms with E-state index in [1.165, 1.54) is 12.1 Å². The predicted molar refractivity (Wildman–Crippen MR) is 80.6 cm³/mol. The molecule has 5 nitrogen and oxygen atoms in total. The highest BCUT2D eigenvalue weighted by atomic mass is 19.1. The van der Waals surface area contributed by atoms with Gasteiger partial charge in [-0.15, -0.1) is 0 Å². The monoisotopic (exact) mass is 321 g/mol. The number of hydrogen-bond acceptors (Lipinski definition) is 3. The zero-order valence-electron chi connectivity index (χ0n) is 13.0. The average Bonchev–Trinajstić information content (AvgIpc) is 3.03. The summed E-state index contributed by atoms with van der Waals surface area (Å²) in [5, 5.41) is 9.29. The average molecular weight is 321 g/mol. The Morgan fingerprint density at radius 1 is 1.30 bits per heavy atom. The second-order valence-corrected chi connectivity index (χ2v) is 6.23. The molecular formula is C17H20FNO4. The second-order valence-electron chi connectivity index (χ2n) is 6.23. The Morgan fingerprint density at radius 3 is 2.74 bits per heavy atom. The van der Waals surface area contributed by atoms with Crippen LogP contribution in [0.4, 0.5) is 4.39 Å². The Hall–Kier alpha value is -1.95. The highest BCUT2D eigenvalue weighted by molar-refractivity contribution is 5.90. The lowest BCUT2D eigenvalue weighted by molar-refractivity contribution is -0.136. The van der Waals surface area contributed by atoms with Crippen molar-refractivity contribution in [2.24, 2.45) is 5.92 Å². The Balaban J connectivity index is 1.81. The van der Waals surface area contributed by atoms with Gasteiger partial charge in [0.25, 0.3) is 0 Å². The van der Waals surface area contributed by atoms with Gasteiger partial charge in [0.2, 0.25) is 5.91 Å². The van der Waals surface area contributed by atoms with Crippen LogP contribution in [-0.2, 0) is 22.5 Å². The summed E-state index contributed by atoms with van der Waals surface area (Å²) in [6.07, 6.45) is 2.83. The largest absolute Gasteiger partial charge is 0.478 e. The topological polar surface area (TPSA) is 66.8 Å². The van der Waals surface area contributed by atoms with E-state index in [1.54, 1.807) is 12.0 Å². The lowest BCUT2D eigenvalue weighted by atomic mass is 9.93. The predicted octanol–water partition coefficient (Wildman–Crippen LogP) is 2.22. The SMILES string of the molecule is COC1CCC(C(=O)N2CCc3c(F)ccc(C(=O)O)c3C2)C1. The van der Waals surface area contributed by atoms with Crippen molar-refractivity contribution >= 4 is 11.9 Å². The number of carbonyl (C=O) groups is 2. The summed E-state index contributed by atoms with van der Waals surface area (Å²) in [5.74, 6) is -1.53. The van der Waals surface area contributed by atoms with Crippen LogP contribution in [0.1, 0.15) is 40.7 Å². The molecule has 2 aliphatic rings. The molecule has 1 aromatic rings. The maximum absolute atomic E-state index is 13.9. The summed E-state index contributed by atoms with van der Waals surface area (Å²) < 4.78 is 19.2. The summed E-state index contributed by atoms with van der Waals surface area (Å²) in [6.45, 7) is 0.599. The third-order valence-corrected chi connectivity index (χ3v) is 4.96. The molecule has 124 valence electrons. The number of fused-ring (bicyclic) bond motifs is 1. The van der Waals surface area contributed by atoms with E-state index in [0.29, 0.717) is 30.5 Å². The van der Waals surface area contributed by atoms with Gasteiger partial charge in [-0.25, -0.2) is 9.18 Å². The van der Waals surface area contributed by atoms with Crippen molar-refractivity contribution in [2.75, 3.05) is 13.7 Å². The number of aromatic carboxylic acids is 1. The molecule has 1 saturated carbocycles. The van der Waals surface area contributed by atoms with Gasteiger partial charge in [0.05, 0.1) is 11.7 Å². The number of carbonyl (C=O) groups excluding carboxylic acids is 1. The number of benzene rings is 1. The Labute approximate surface area is 134 Å². The molecule has 3 rings (SSSR count). The van der Waals surface area contributed by atoms with Crippen molar-refractivity contribution in [3.05, 3.63) is 34.6 Å². The van der Waals surface area contributed by atoms with Crippen LogP contribution in [0.5, 0.6) is 0 Å². The summed E-state index contributed by atoms with van der Waals surface area (Å²) in [5.41, 5.74) is 0.939. The molecule has 6 heteroatoms. The van der Waals surface area contributed by atoms with Crippen molar-refractivity contribution in [3.8, 4) is 0 Å². The van der Waals surface area contributed by atoms with Gasteiger partial charge in [-0.2, -0.15) is 0 Å². The van der Waals surface area contributed by atoms with Gasteiger partial charge in [-0.05, 0) is 48.9 Å². The van der Waals surface area contributed by atoms with E-state index in [-0.39, 0.29) is 30.0 Å². The van der Waals surface area contributed by atoms with Gasteiger partial charge in [-0.1, -0.05) is 0 Å². The molecule has 1 N–H and O–H groups in total. The number of hydrogen-bond donors (Lipinski definition) is 1. The number of rotatable bonds is 3. The van der Waals surface area contributed by atoms with Crippen molar-refractivity contribution < 1.29 is 23.8 Å². The molecule has 1 aromatic carbocycles. The first-order valence-electron chi connectivity index (χ1n) is 7.86. The van der Waals surface area contributed by atoms with Crippen LogP contribution in [0.3, 0.4) is 0 Å². The molecule has 0 bridgehead atoms. The number of nitrogens with zero attached hydrogens (tertiary/aromatic N) is 1. The lowest BCUT2D eigenvalue weighted by Crippen LogP contribution is -2.40. The van der Waals surface area contributed by atoms with Gasteiger partial charge in [-0.3, -0.25) is 4.79 Å². The van der Waals surface area contributed by atoms with Gasteiger partial charge in [0.1, 0.15) is 5.82 Å². The molecule has 2 atom stereocenters. The Morgan fingerprint density at radius 2 is 2.09 bits per heavy atom. The lowest BCUT2D eigenvalue weighted by Gasteiger charge is -2.32. The number of carboxylic acids is 1. The van der Waals surface area contributed by atoms with E-state index < -0.39 is 11.8 Å². The van der Waals surface area contributed by atoms with E-state index >= 15 is 0 Å². The maximum Gasteiger partial charge on any atom is 0.336 e. The first kappa shape index (κ1) is 15.9. The van der Waals surface area contributed by atoms with E-state index in [4.69, 9.17) is 4.74 Å². The van der Waals surface area contributed by atoms with Gasteiger partial charge in [0.15, 0.2) is 0 Å². The number of amides is 1. The molecule has 0 saturated heterocycles. The molecule has 1 fully saturated rings. The molecule has 0 radical (unpaired) electrons. The molecule has 0 aromatic heterocycles. The quantitative estimate of drug-likeness (QED) is 0.927. The van der Waals surface area contributed by atoms with Crippen LogP contribution in [0.2, 0.25) is 0 Å². The van der Waals surface area contributed by atoms with Crippen molar-refractivity contribution in [1.82, 2.24) is 4.90 Å². The molecule has 1 aliphatic carbocycles. The van der Waals surface area contributed by atoms with Crippen molar-refractivity contribution in [3.63, 3.8) is 0 Å². The molecule has 1 heterocycles. The first-order chi connectivity index (χ1) is 11.0. The minimum Gasteiger partial charge on any atom is -0.478 e. The normalized spacial score (nSPS) is 23.7. The van der Waals surface area contributed by atoms with Crippen LogP contribution in [-0.4, -0.2) is 41.6 Å². The first-order valence-corrected chi connectivity index (χ1v) is 7.86. The van der Waals surface area contributed by atoms with Gasteiger partial charge >= 0.3 is 5.97 Å². The van der Waals surface area contributed by atoms with E-state index in [2.05, 4.69) is 0 Å². The standard InChI is InChI=1S/C17H20FNO4/c1-23-11-3-2-10(8-11)16(20)19-7-6-12-14(9-19)13(17(21)22)4-5-15(12)18/h4-5,10-11H,2-3,6-9H2,1H3,(H,21,22). The summed E-state index contributed by atoms with van der Waals surface area (Å²) in [6, 6.07) is 2.47. The van der Waals surface area contributed by atoms with E-state index in [1.807, 2.05) is 0 Å². The summed E-state index contributed by atoms with van der Waals surface area (Å²) in [4.78, 5) is 25.7. The smallest absolute Gasteiger partial charge is 0.336 e.